The molecule has 0 saturated carbocycles. The zero-order chi connectivity index (χ0) is 13.8. The van der Waals surface area contributed by atoms with Crippen molar-refractivity contribution in [3.8, 4) is 0 Å². The molecule has 0 spiro atoms. The van der Waals surface area contributed by atoms with Gasteiger partial charge >= 0.3 is 0 Å². The highest BCUT2D eigenvalue weighted by atomic mass is 16.5. The summed E-state index contributed by atoms with van der Waals surface area (Å²) in [6.07, 6.45) is 1.44. The van der Waals surface area contributed by atoms with E-state index in [1.807, 2.05) is 7.05 Å². The summed E-state index contributed by atoms with van der Waals surface area (Å²) in [7, 11) is 1.87. The lowest BCUT2D eigenvalue weighted by Crippen LogP contribution is -2.45. The summed E-state index contributed by atoms with van der Waals surface area (Å²) in [6.45, 7) is 6.37. The maximum atomic E-state index is 9.24. The molecule has 0 radical (unpaired) electrons. The van der Waals surface area contributed by atoms with E-state index in [0.29, 0.717) is 19.1 Å². The molecule has 6 heteroatoms. The first-order valence-corrected chi connectivity index (χ1v) is 6.67. The first-order chi connectivity index (χ1) is 9.17. The summed E-state index contributed by atoms with van der Waals surface area (Å²) in [5, 5.41) is 12.4. The van der Waals surface area contributed by atoms with Crippen LogP contribution in [0, 0.1) is 0 Å². The predicted molar refractivity (Wildman–Crippen MR) is 74.7 cm³/mol. The first kappa shape index (κ1) is 14.0. The molecule has 19 heavy (non-hydrogen) atoms. The third-order valence-electron chi connectivity index (χ3n) is 3.32. The molecular formula is C13H22N4O2. The molecule has 1 aromatic rings. The topological polar surface area (TPSA) is 70.5 Å². The second kappa shape index (κ2) is 6.16. The molecule has 0 aliphatic carbocycles. The molecule has 1 fully saturated rings. The summed E-state index contributed by atoms with van der Waals surface area (Å²) >= 11 is 0. The second-order valence-corrected chi connectivity index (χ2v) is 4.99. The van der Waals surface area contributed by atoms with E-state index in [-0.39, 0.29) is 12.7 Å². The molecule has 0 aromatic carbocycles. The van der Waals surface area contributed by atoms with Crippen LogP contribution in [0.1, 0.15) is 25.3 Å². The summed E-state index contributed by atoms with van der Waals surface area (Å²) in [5.41, 5.74) is 1.11. The molecule has 2 N–H and O–H groups in total. The Labute approximate surface area is 113 Å². The highest BCUT2D eigenvalue weighted by Gasteiger charge is 2.25. The van der Waals surface area contributed by atoms with Crippen LogP contribution in [0.2, 0.25) is 0 Å². The van der Waals surface area contributed by atoms with Crippen LogP contribution in [0.3, 0.4) is 0 Å². The predicted octanol–water partition coefficient (Wildman–Crippen LogP) is 0.839. The lowest BCUT2D eigenvalue weighted by atomic mass is 10.0. The molecule has 6 nitrogen and oxygen atoms in total. The molecule has 0 amide bonds. The van der Waals surface area contributed by atoms with E-state index in [1.54, 1.807) is 6.33 Å². The smallest absolute Gasteiger partial charge is 0.137 e. The van der Waals surface area contributed by atoms with Gasteiger partial charge in [0.2, 0.25) is 0 Å². The van der Waals surface area contributed by atoms with Crippen molar-refractivity contribution in [2.45, 2.75) is 25.9 Å². The molecule has 1 aromatic heterocycles. The molecule has 2 rings (SSSR count). The average molecular weight is 266 g/mol. The molecule has 0 bridgehead atoms. The molecule has 1 aliphatic rings. The minimum atomic E-state index is -0.137. The van der Waals surface area contributed by atoms with Crippen LogP contribution in [-0.4, -0.2) is 54.5 Å². The van der Waals surface area contributed by atoms with Gasteiger partial charge in [-0.2, -0.15) is 0 Å². The number of hydrogen-bond donors (Lipinski definition) is 2. The van der Waals surface area contributed by atoms with Crippen molar-refractivity contribution < 1.29 is 9.84 Å². The second-order valence-electron chi connectivity index (χ2n) is 4.99. The number of aliphatic hydroxyl groups excluding tert-OH is 1. The first-order valence-electron chi connectivity index (χ1n) is 6.67. The Bertz CT molecular complexity index is 425. The SMILES string of the molecule is CNc1ncnc(N2CCOC(CO)C2)c1C(C)C. The Kier molecular flexibility index (Phi) is 4.55. The number of nitrogens with one attached hydrogen (secondary N) is 1. The zero-order valence-electron chi connectivity index (χ0n) is 11.8. The Morgan fingerprint density at radius 3 is 2.95 bits per heavy atom. The number of ether oxygens (including phenoxy) is 1. The standard InChI is InChI=1S/C13H22N4O2/c1-9(2)11-12(14-3)15-8-16-13(11)17-4-5-19-10(6-17)7-18/h8-10,18H,4-7H2,1-3H3,(H,14,15,16). The quantitative estimate of drug-likeness (QED) is 0.841. The average Bonchev–Trinajstić information content (AvgIpc) is 2.46. The van der Waals surface area contributed by atoms with Gasteiger partial charge in [0.15, 0.2) is 0 Å². The van der Waals surface area contributed by atoms with Gasteiger partial charge in [-0.3, -0.25) is 0 Å². The number of anilines is 2. The van der Waals surface area contributed by atoms with Gasteiger partial charge < -0.3 is 20.1 Å². The lowest BCUT2D eigenvalue weighted by molar-refractivity contribution is 0.00330. The van der Waals surface area contributed by atoms with Crippen molar-refractivity contribution in [1.82, 2.24) is 9.97 Å². The van der Waals surface area contributed by atoms with Crippen molar-refractivity contribution in [1.29, 1.82) is 0 Å². The highest BCUT2D eigenvalue weighted by molar-refractivity contribution is 5.60. The van der Waals surface area contributed by atoms with E-state index in [1.165, 1.54) is 0 Å². The molecule has 2 heterocycles. The molecular weight excluding hydrogens is 244 g/mol. The lowest BCUT2D eigenvalue weighted by Gasteiger charge is -2.34. The van der Waals surface area contributed by atoms with Crippen molar-refractivity contribution >= 4 is 11.6 Å². The maximum absolute atomic E-state index is 9.24. The van der Waals surface area contributed by atoms with E-state index < -0.39 is 0 Å². The van der Waals surface area contributed by atoms with Gasteiger partial charge in [0.05, 0.1) is 19.3 Å². The van der Waals surface area contributed by atoms with Gasteiger partial charge in [-0.05, 0) is 5.92 Å². The fourth-order valence-electron chi connectivity index (χ4n) is 2.39. The Balaban J connectivity index is 2.33. The van der Waals surface area contributed by atoms with E-state index in [9.17, 15) is 5.11 Å². The Morgan fingerprint density at radius 2 is 2.32 bits per heavy atom. The van der Waals surface area contributed by atoms with Crippen LogP contribution in [0.5, 0.6) is 0 Å². The fourth-order valence-corrected chi connectivity index (χ4v) is 2.39. The van der Waals surface area contributed by atoms with Crippen LogP contribution in [0.4, 0.5) is 11.6 Å². The summed E-state index contributed by atoms with van der Waals surface area (Å²) in [6, 6.07) is 0. The van der Waals surface area contributed by atoms with Crippen LogP contribution in [0.15, 0.2) is 6.33 Å². The number of rotatable bonds is 4. The minimum Gasteiger partial charge on any atom is -0.394 e. The summed E-state index contributed by atoms with van der Waals surface area (Å²) in [5.74, 6) is 2.14. The van der Waals surface area contributed by atoms with E-state index in [2.05, 4.69) is 34.0 Å². The van der Waals surface area contributed by atoms with Crippen molar-refractivity contribution in [3.63, 3.8) is 0 Å². The number of hydrogen-bond acceptors (Lipinski definition) is 6. The minimum absolute atomic E-state index is 0.0392. The maximum Gasteiger partial charge on any atom is 0.137 e. The molecule has 1 saturated heterocycles. The Hall–Kier alpha value is -1.40. The highest BCUT2D eigenvalue weighted by Crippen LogP contribution is 2.31. The molecule has 1 aliphatic heterocycles. The molecule has 1 unspecified atom stereocenters. The zero-order valence-corrected chi connectivity index (χ0v) is 11.8. The van der Waals surface area contributed by atoms with Crippen molar-refractivity contribution in [2.24, 2.45) is 0 Å². The van der Waals surface area contributed by atoms with Gasteiger partial charge in [0.1, 0.15) is 18.0 Å². The van der Waals surface area contributed by atoms with Crippen molar-refractivity contribution in [2.75, 3.05) is 43.6 Å². The van der Waals surface area contributed by atoms with E-state index >= 15 is 0 Å². The van der Waals surface area contributed by atoms with Gasteiger partial charge in [-0.25, -0.2) is 9.97 Å². The van der Waals surface area contributed by atoms with Crippen LogP contribution >= 0.6 is 0 Å². The summed E-state index contributed by atoms with van der Waals surface area (Å²) in [4.78, 5) is 10.9. The number of morpholine rings is 1. The molecule has 1 atom stereocenters. The third-order valence-corrected chi connectivity index (χ3v) is 3.32. The third kappa shape index (κ3) is 2.96. The van der Waals surface area contributed by atoms with Gasteiger partial charge in [0.25, 0.3) is 0 Å². The monoisotopic (exact) mass is 266 g/mol. The van der Waals surface area contributed by atoms with Crippen LogP contribution < -0.4 is 10.2 Å². The van der Waals surface area contributed by atoms with E-state index in [0.717, 1.165) is 23.7 Å². The number of nitrogens with zero attached hydrogens (tertiary/aromatic N) is 3. The fraction of sp³-hybridized carbons (Fsp3) is 0.692. The van der Waals surface area contributed by atoms with Crippen LogP contribution in [0.25, 0.3) is 0 Å². The van der Waals surface area contributed by atoms with E-state index in [4.69, 9.17) is 4.74 Å². The van der Waals surface area contributed by atoms with Crippen molar-refractivity contribution in [3.05, 3.63) is 11.9 Å². The van der Waals surface area contributed by atoms with Crippen LogP contribution in [-0.2, 0) is 4.74 Å². The normalized spacial score (nSPS) is 19.8. The van der Waals surface area contributed by atoms with Gasteiger partial charge in [-0.15, -0.1) is 0 Å². The summed E-state index contributed by atoms with van der Waals surface area (Å²) < 4.78 is 5.49. The molecule has 106 valence electrons. The largest absolute Gasteiger partial charge is 0.394 e. The van der Waals surface area contributed by atoms with Gasteiger partial charge in [0, 0.05) is 25.7 Å². The number of aliphatic hydroxyl groups is 1. The number of aromatic nitrogens is 2. The van der Waals surface area contributed by atoms with Gasteiger partial charge in [-0.1, -0.05) is 13.8 Å². The Morgan fingerprint density at radius 1 is 1.53 bits per heavy atom.